The summed E-state index contributed by atoms with van der Waals surface area (Å²) in [6.07, 6.45) is -4.54. The first-order valence-electron chi connectivity index (χ1n) is 5.74. The van der Waals surface area contributed by atoms with Crippen molar-refractivity contribution in [3.8, 4) is 17.6 Å². The van der Waals surface area contributed by atoms with Crippen molar-refractivity contribution >= 4 is 5.69 Å². The molecule has 0 amide bonds. The highest BCUT2D eigenvalue weighted by Gasteiger charge is 2.34. The maximum absolute atomic E-state index is 12.9. The van der Waals surface area contributed by atoms with Gasteiger partial charge < -0.3 is 20.3 Å². The van der Waals surface area contributed by atoms with Crippen LogP contribution >= 0.6 is 0 Å². The highest BCUT2D eigenvalue weighted by Crippen LogP contribution is 2.37. The molecule has 4 nitrogen and oxygen atoms in total. The number of halogens is 3. The van der Waals surface area contributed by atoms with Crippen molar-refractivity contribution in [3.05, 3.63) is 23.8 Å². The number of anilines is 1. The Balaban J connectivity index is 2.92. The molecule has 20 heavy (non-hydrogen) atoms. The van der Waals surface area contributed by atoms with E-state index in [1.807, 2.05) is 0 Å². The van der Waals surface area contributed by atoms with Crippen LogP contribution in [-0.4, -0.2) is 36.6 Å². The summed E-state index contributed by atoms with van der Waals surface area (Å²) >= 11 is 0. The Morgan fingerprint density at radius 2 is 1.95 bits per heavy atom. The molecule has 0 fully saturated rings. The van der Waals surface area contributed by atoms with E-state index in [9.17, 15) is 13.2 Å². The summed E-state index contributed by atoms with van der Waals surface area (Å²) < 4.78 is 43.7. The number of benzene rings is 1. The predicted octanol–water partition coefficient (Wildman–Crippen LogP) is 1.48. The second kappa shape index (κ2) is 7.62. The summed E-state index contributed by atoms with van der Waals surface area (Å²) in [7, 11) is 0. The van der Waals surface area contributed by atoms with E-state index < -0.39 is 11.7 Å². The average Bonchev–Trinajstić information content (AvgIpc) is 2.41. The number of hydrogen-bond donors (Lipinski definition) is 3. The van der Waals surface area contributed by atoms with E-state index >= 15 is 0 Å². The molecule has 0 heterocycles. The van der Waals surface area contributed by atoms with Crippen LogP contribution in [0.2, 0.25) is 0 Å². The van der Waals surface area contributed by atoms with Gasteiger partial charge in [0.2, 0.25) is 0 Å². The number of ether oxygens (including phenoxy) is 1. The van der Waals surface area contributed by atoms with Crippen LogP contribution in [0.25, 0.3) is 0 Å². The molecule has 7 heteroatoms. The van der Waals surface area contributed by atoms with Crippen molar-refractivity contribution in [1.29, 1.82) is 0 Å². The molecule has 0 aliphatic rings. The van der Waals surface area contributed by atoms with Crippen molar-refractivity contribution in [2.75, 3.05) is 31.7 Å². The van der Waals surface area contributed by atoms with E-state index in [-0.39, 0.29) is 37.8 Å². The van der Waals surface area contributed by atoms with E-state index in [1.54, 1.807) is 0 Å². The van der Waals surface area contributed by atoms with Crippen LogP contribution < -0.4 is 10.1 Å². The molecule has 0 spiro atoms. The fourth-order valence-electron chi connectivity index (χ4n) is 1.42. The molecule has 1 aromatic carbocycles. The van der Waals surface area contributed by atoms with Crippen molar-refractivity contribution in [2.45, 2.75) is 6.18 Å². The molecule has 110 valence electrons. The van der Waals surface area contributed by atoms with Crippen LogP contribution in [0, 0.1) is 11.8 Å². The molecule has 0 aromatic heterocycles. The molecule has 0 saturated heterocycles. The smallest absolute Gasteiger partial charge is 0.418 e. The maximum Gasteiger partial charge on any atom is 0.418 e. The van der Waals surface area contributed by atoms with Gasteiger partial charge in [-0.1, -0.05) is 11.8 Å². The van der Waals surface area contributed by atoms with E-state index in [0.717, 1.165) is 6.07 Å². The van der Waals surface area contributed by atoms with E-state index in [0.29, 0.717) is 0 Å². The van der Waals surface area contributed by atoms with Crippen LogP contribution in [0.5, 0.6) is 5.75 Å². The minimum atomic E-state index is -4.54. The summed E-state index contributed by atoms with van der Waals surface area (Å²) in [5.41, 5.74) is -1.00. The number of nitrogens with one attached hydrogen (secondary N) is 1. The molecular formula is C13H14F3NO3. The lowest BCUT2D eigenvalue weighted by atomic mass is 10.1. The molecule has 1 aromatic rings. The molecule has 0 radical (unpaired) electrons. The number of aliphatic hydroxyl groups excluding tert-OH is 2. The summed E-state index contributed by atoms with van der Waals surface area (Å²) in [6.45, 7) is -0.716. The average molecular weight is 289 g/mol. The number of aliphatic hydroxyl groups is 2. The number of alkyl halides is 3. The zero-order valence-electron chi connectivity index (χ0n) is 10.5. The van der Waals surface area contributed by atoms with Crippen molar-refractivity contribution in [2.24, 2.45) is 0 Å². The molecule has 0 aliphatic carbocycles. The van der Waals surface area contributed by atoms with Crippen LogP contribution in [0.1, 0.15) is 5.56 Å². The lowest BCUT2D eigenvalue weighted by molar-refractivity contribution is -0.137. The van der Waals surface area contributed by atoms with Crippen LogP contribution in [0.3, 0.4) is 0 Å². The first-order valence-corrected chi connectivity index (χ1v) is 5.74. The SMILES string of the molecule is OCC#CCNc1ccc(OCCO)cc1C(F)(F)F. The highest BCUT2D eigenvalue weighted by atomic mass is 19.4. The second-order valence-corrected chi connectivity index (χ2v) is 3.64. The van der Waals surface area contributed by atoms with Gasteiger partial charge in [0.1, 0.15) is 19.0 Å². The molecular weight excluding hydrogens is 275 g/mol. The van der Waals surface area contributed by atoms with Crippen LogP contribution in [-0.2, 0) is 6.18 Å². The number of hydrogen-bond acceptors (Lipinski definition) is 4. The van der Waals surface area contributed by atoms with E-state index in [4.69, 9.17) is 14.9 Å². The minimum Gasteiger partial charge on any atom is -0.491 e. The number of rotatable bonds is 5. The lowest BCUT2D eigenvalue weighted by Crippen LogP contribution is -2.12. The Bertz CT molecular complexity index is 492. The van der Waals surface area contributed by atoms with Crippen molar-refractivity contribution in [3.63, 3.8) is 0 Å². The fourth-order valence-corrected chi connectivity index (χ4v) is 1.42. The van der Waals surface area contributed by atoms with Gasteiger partial charge in [0.05, 0.1) is 18.7 Å². The van der Waals surface area contributed by atoms with Gasteiger partial charge in [-0.2, -0.15) is 13.2 Å². The Morgan fingerprint density at radius 3 is 2.55 bits per heavy atom. The summed E-state index contributed by atoms with van der Waals surface area (Å²) in [4.78, 5) is 0. The van der Waals surface area contributed by atoms with Gasteiger partial charge in [-0.25, -0.2) is 0 Å². The highest BCUT2D eigenvalue weighted by molar-refractivity contribution is 5.56. The summed E-state index contributed by atoms with van der Waals surface area (Å²) in [5, 5.41) is 19.6. The summed E-state index contributed by atoms with van der Waals surface area (Å²) in [6, 6.07) is 3.46. The van der Waals surface area contributed by atoms with Gasteiger partial charge in [0.15, 0.2) is 0 Å². The van der Waals surface area contributed by atoms with Gasteiger partial charge in [-0.15, -0.1) is 0 Å². The predicted molar refractivity (Wildman–Crippen MR) is 67.4 cm³/mol. The molecule has 1 rings (SSSR count). The third kappa shape index (κ3) is 4.99. The van der Waals surface area contributed by atoms with Crippen molar-refractivity contribution in [1.82, 2.24) is 0 Å². The van der Waals surface area contributed by atoms with Gasteiger partial charge >= 0.3 is 6.18 Å². The molecule has 0 saturated carbocycles. The topological polar surface area (TPSA) is 61.7 Å². The van der Waals surface area contributed by atoms with Gasteiger partial charge in [-0.05, 0) is 18.2 Å². The molecule has 0 atom stereocenters. The monoisotopic (exact) mass is 289 g/mol. The first kappa shape index (κ1) is 16.1. The zero-order chi connectivity index (χ0) is 15.0. The lowest BCUT2D eigenvalue weighted by Gasteiger charge is -2.15. The Kier molecular flexibility index (Phi) is 6.15. The molecule has 0 unspecified atom stereocenters. The Hall–Kier alpha value is -1.91. The van der Waals surface area contributed by atoms with Crippen molar-refractivity contribution < 1.29 is 28.1 Å². The van der Waals surface area contributed by atoms with Gasteiger partial charge in [0, 0.05) is 5.69 Å². The summed E-state index contributed by atoms with van der Waals surface area (Å²) in [5.74, 6) is 4.82. The quantitative estimate of drug-likeness (QED) is 0.719. The van der Waals surface area contributed by atoms with Gasteiger partial charge in [-0.3, -0.25) is 0 Å². The molecule has 3 N–H and O–H groups in total. The standard InChI is InChI=1S/C13H14F3NO3/c14-13(15,16)11-9-10(20-8-7-19)3-4-12(11)17-5-1-2-6-18/h3-4,9,17-19H,5-8H2. The molecule has 0 aliphatic heterocycles. The second-order valence-electron chi connectivity index (χ2n) is 3.64. The third-order valence-electron chi connectivity index (χ3n) is 2.23. The molecule has 0 bridgehead atoms. The minimum absolute atomic E-state index is 0.0134. The maximum atomic E-state index is 12.9. The first-order chi connectivity index (χ1) is 9.49. The van der Waals surface area contributed by atoms with E-state index in [2.05, 4.69) is 17.2 Å². The third-order valence-corrected chi connectivity index (χ3v) is 2.23. The normalized spacial score (nSPS) is 10.7. The van der Waals surface area contributed by atoms with Crippen LogP contribution in [0.15, 0.2) is 18.2 Å². The van der Waals surface area contributed by atoms with E-state index in [1.165, 1.54) is 12.1 Å². The zero-order valence-corrected chi connectivity index (χ0v) is 10.5. The Morgan fingerprint density at radius 1 is 1.20 bits per heavy atom. The Labute approximate surface area is 114 Å². The largest absolute Gasteiger partial charge is 0.491 e. The van der Waals surface area contributed by atoms with Crippen LogP contribution in [0.4, 0.5) is 18.9 Å². The van der Waals surface area contributed by atoms with Gasteiger partial charge in [0.25, 0.3) is 0 Å². The fraction of sp³-hybridized carbons (Fsp3) is 0.385.